The van der Waals surface area contributed by atoms with Crippen molar-refractivity contribution in [3.63, 3.8) is 0 Å². The monoisotopic (exact) mass is 1300 g/mol. The number of ketones is 1. The fourth-order valence-corrected chi connectivity index (χ4v) is 9.34. The molecule has 0 spiro atoms. The second-order valence-electron chi connectivity index (χ2n) is 20.2. The Morgan fingerprint density at radius 2 is 1.06 bits per heavy atom. The minimum absolute atomic E-state index is 0. The Bertz CT molecular complexity index is 3450. The summed E-state index contributed by atoms with van der Waals surface area (Å²) in [5.74, 6) is -12.2. The van der Waals surface area contributed by atoms with Crippen molar-refractivity contribution < 1.29 is 103 Å². The summed E-state index contributed by atoms with van der Waals surface area (Å²) < 4.78 is 111. The maximum atomic E-state index is 14.6. The molecule has 6 amide bonds. The Kier molecular flexibility index (Phi) is 25.5. The molecule has 1 unspecified atom stereocenters. The quantitative estimate of drug-likeness (QED) is 0.0142. The van der Waals surface area contributed by atoms with Crippen molar-refractivity contribution in [3.05, 3.63) is 116 Å². The van der Waals surface area contributed by atoms with Gasteiger partial charge in [0.25, 0.3) is 21.9 Å². The van der Waals surface area contributed by atoms with Crippen LogP contribution in [0.5, 0.6) is 0 Å². The molecule has 3 fully saturated rings. The smallest absolute Gasteiger partial charge is 0.407 e. The number of hydrogen-bond acceptors (Lipinski definition) is 23. The highest BCUT2D eigenvalue weighted by Crippen LogP contribution is 2.43. The van der Waals surface area contributed by atoms with Crippen LogP contribution in [0.15, 0.2) is 82.6 Å². The van der Waals surface area contributed by atoms with Crippen LogP contribution in [0.2, 0.25) is 0 Å². The van der Waals surface area contributed by atoms with Gasteiger partial charge in [0, 0.05) is 57.0 Å². The van der Waals surface area contributed by atoms with E-state index in [1.165, 1.54) is 31.2 Å². The Hall–Kier alpha value is -8.97. The molecular weight excluding hydrogens is 1230 g/mol. The summed E-state index contributed by atoms with van der Waals surface area (Å²) in [6.45, 7) is 0.887. The number of aliphatic hydroxyl groups is 2. The molecule has 3 saturated heterocycles. The lowest BCUT2D eigenvalue weighted by Crippen LogP contribution is -2.42. The summed E-state index contributed by atoms with van der Waals surface area (Å²) in [4.78, 5) is 131. The fraction of sp³-hybridized carbons (Fsp3) is 0.481. The summed E-state index contributed by atoms with van der Waals surface area (Å²) in [5.41, 5.74) is 10.5. The number of hydrogen-bond donors (Lipinski definition) is 9. The zero-order valence-electron chi connectivity index (χ0n) is 47.2. The van der Waals surface area contributed by atoms with Crippen molar-refractivity contribution in [2.75, 3.05) is 37.8 Å². The Morgan fingerprint density at radius 1 is 0.644 bits per heavy atom. The van der Waals surface area contributed by atoms with Crippen molar-refractivity contribution in [2.45, 2.75) is 139 Å². The Balaban J connectivity index is 0.000000334. The maximum absolute atomic E-state index is 14.6. The molecule has 0 bridgehead atoms. The molecule has 7 rings (SSSR count). The standard InChI is InChI=1S/C28H32F2N6O13S.C25H31F2N5O7.CH4/c29-28(30)22(39)17(48-25(28)35-11-9-19(31)34-26(35)42)14-47-27(43)32-10-3-1-2-4-20(37)33-13-15-5-7-16(8-6-15)24(41)49-36-21(38)12-18(23(36)40)50(44,45)46;1-15(33)17-8-6-16(7-9-17)13-30-20(34)5-3-2-4-11-29-24(37)38-14-18-21(35)25(26,27)22(39-18)32-12-10-19(28)31-23(32)36;/h5-9,11,17-18,22,25,39H,1-4,10,12-14H2,(H,32,43)(H,33,37)(H2,31,34,42)(H,44,45,46);6-10,12,18,21-22,35H,2-5,11,13-14H2,1H3,(H,29,37)(H,30,34)(H2,28,31,36);1H4/t17-,18?,22+,25-;18-,21+,22-;/m11./s1. The number of nitrogens with zero attached hydrogens (tertiary/aromatic N) is 5. The minimum atomic E-state index is -4.86. The molecular formula is C54H67F4N11O20S. The zero-order chi connectivity index (χ0) is 65.4. The van der Waals surface area contributed by atoms with Gasteiger partial charge in [-0.05, 0) is 68.0 Å². The summed E-state index contributed by atoms with van der Waals surface area (Å²) >= 11 is 0. The Labute approximate surface area is 509 Å². The van der Waals surface area contributed by atoms with Crippen molar-refractivity contribution in [1.29, 1.82) is 0 Å². The van der Waals surface area contributed by atoms with E-state index in [2.05, 4.69) is 31.2 Å². The topological polar surface area (TPSA) is 451 Å². The Morgan fingerprint density at radius 3 is 1.43 bits per heavy atom. The zero-order valence-corrected chi connectivity index (χ0v) is 48.0. The average molecular weight is 1300 g/mol. The first-order chi connectivity index (χ1) is 42.0. The highest BCUT2D eigenvalue weighted by molar-refractivity contribution is 7.87. The summed E-state index contributed by atoms with van der Waals surface area (Å²) in [7, 11) is -4.86. The molecule has 3 aliphatic rings. The van der Waals surface area contributed by atoms with Crippen molar-refractivity contribution in [1.82, 2.24) is 45.4 Å². The molecule has 0 aliphatic carbocycles. The van der Waals surface area contributed by atoms with E-state index in [1.54, 1.807) is 24.3 Å². The third kappa shape index (κ3) is 19.5. The third-order valence-electron chi connectivity index (χ3n) is 13.5. The largest absolute Gasteiger partial charge is 0.447 e. The molecule has 492 valence electrons. The number of alkyl halides is 4. The number of carbonyl (C=O) groups excluding carboxylic acids is 8. The molecule has 2 aromatic carbocycles. The summed E-state index contributed by atoms with van der Waals surface area (Å²) in [6.07, 6.45) is -9.40. The van der Waals surface area contributed by atoms with E-state index in [9.17, 15) is 84.1 Å². The number of anilines is 2. The van der Waals surface area contributed by atoms with Crippen LogP contribution in [0, 0.1) is 0 Å². The van der Waals surface area contributed by atoms with Crippen LogP contribution in [0.25, 0.3) is 0 Å². The maximum Gasteiger partial charge on any atom is 0.407 e. The van der Waals surface area contributed by atoms with Gasteiger partial charge in [-0.1, -0.05) is 56.7 Å². The number of unbranched alkanes of at least 4 members (excludes halogenated alkanes) is 4. The lowest BCUT2D eigenvalue weighted by molar-refractivity contribution is -0.172. The molecule has 3 aliphatic heterocycles. The van der Waals surface area contributed by atoms with Gasteiger partial charge in [-0.15, -0.1) is 5.06 Å². The van der Waals surface area contributed by atoms with Gasteiger partial charge < -0.3 is 66.7 Å². The average Bonchev–Trinajstić information content (AvgIpc) is 1.83. The molecule has 4 aromatic rings. The van der Waals surface area contributed by atoms with Gasteiger partial charge in [0.15, 0.2) is 23.2 Å². The van der Waals surface area contributed by atoms with Crippen molar-refractivity contribution in [2.24, 2.45) is 0 Å². The van der Waals surface area contributed by atoms with Gasteiger partial charge in [0.1, 0.15) is 37.1 Å². The number of amides is 6. The number of aliphatic hydroxyl groups excluding tert-OH is 2. The van der Waals surface area contributed by atoms with Gasteiger partial charge in [-0.25, -0.2) is 24.0 Å². The second-order valence-corrected chi connectivity index (χ2v) is 21.8. The van der Waals surface area contributed by atoms with Crippen molar-refractivity contribution in [3.8, 4) is 0 Å². The number of nitrogen functional groups attached to an aromatic ring is 2. The molecule has 36 heteroatoms. The minimum Gasteiger partial charge on any atom is -0.447 e. The van der Waals surface area contributed by atoms with E-state index in [0.29, 0.717) is 71.8 Å². The third-order valence-corrected chi connectivity index (χ3v) is 14.6. The number of nitrogens with one attached hydrogen (secondary N) is 4. The molecule has 0 radical (unpaired) electrons. The lowest BCUT2D eigenvalue weighted by atomic mass is 10.1. The number of rotatable bonds is 26. The summed E-state index contributed by atoms with van der Waals surface area (Å²) in [5, 5.41) is 28.3. The first-order valence-corrected chi connectivity index (χ1v) is 28.7. The van der Waals surface area contributed by atoms with Gasteiger partial charge in [-0.3, -0.25) is 37.7 Å². The number of ether oxygens (including phenoxy) is 4. The molecule has 31 nitrogen and oxygen atoms in total. The van der Waals surface area contributed by atoms with E-state index in [1.807, 2.05) is 0 Å². The number of imide groups is 1. The fourth-order valence-electron chi connectivity index (χ4n) is 8.63. The van der Waals surface area contributed by atoms with Crippen LogP contribution in [-0.2, 0) is 66.2 Å². The second kappa shape index (κ2) is 32.0. The molecule has 0 saturated carbocycles. The van der Waals surface area contributed by atoms with Crippen molar-refractivity contribution >= 4 is 69.3 Å². The first-order valence-electron chi connectivity index (χ1n) is 27.2. The van der Waals surface area contributed by atoms with E-state index >= 15 is 0 Å². The highest BCUT2D eigenvalue weighted by Gasteiger charge is 2.61. The number of carbonyl (C=O) groups is 8. The summed E-state index contributed by atoms with van der Waals surface area (Å²) in [6, 6.07) is 14.7. The normalized spacial score (nSPS) is 20.6. The predicted octanol–water partition coefficient (Wildman–Crippen LogP) is 1.57. The van der Waals surface area contributed by atoms with E-state index in [0.717, 1.165) is 30.1 Å². The van der Waals surface area contributed by atoms with E-state index < -0.39 is 125 Å². The highest BCUT2D eigenvalue weighted by atomic mass is 32.2. The first kappa shape index (κ1) is 71.8. The SMILES string of the molecule is C.CC(=O)c1ccc(CNC(=O)CCCCCNC(=O)OC[C@H]2O[C@@H](n3ccc(N)nc3=O)C(F)(F)[C@H]2O)cc1.Nc1ccn([C@@H]2O[C@H](COC(=O)NCCCCCC(=O)NCc3ccc(C(=O)ON4C(=O)CC(S(=O)(=O)O)C4=O)cc3)[C@H](O)C2(F)F)c(=O)n1. The van der Waals surface area contributed by atoms with Gasteiger partial charge >= 0.3 is 41.4 Å². The number of hydroxylamine groups is 2. The van der Waals surface area contributed by atoms with Crippen LogP contribution >= 0.6 is 0 Å². The number of nitrogens with two attached hydrogens (primary N) is 2. The van der Waals surface area contributed by atoms with Crippen LogP contribution in [-0.4, -0.2) is 163 Å². The van der Waals surface area contributed by atoms with Crippen LogP contribution in [0.1, 0.15) is 116 Å². The van der Waals surface area contributed by atoms with Gasteiger partial charge in [0.2, 0.25) is 24.3 Å². The van der Waals surface area contributed by atoms with Crippen LogP contribution in [0.3, 0.4) is 0 Å². The molecule has 90 heavy (non-hydrogen) atoms. The number of benzene rings is 2. The lowest BCUT2D eigenvalue weighted by Gasteiger charge is -2.20. The number of aromatic nitrogens is 4. The van der Waals surface area contributed by atoms with E-state index in [4.69, 9.17) is 39.8 Å². The molecule has 2 aromatic heterocycles. The molecule has 7 atom stereocenters. The van der Waals surface area contributed by atoms with Crippen LogP contribution in [0.4, 0.5) is 38.8 Å². The van der Waals surface area contributed by atoms with E-state index in [-0.39, 0.29) is 73.3 Å². The number of alkyl carbamates (subject to hydrolysis) is 2. The van der Waals surface area contributed by atoms with Gasteiger partial charge in [0.05, 0.1) is 12.0 Å². The number of halogens is 4. The van der Waals surface area contributed by atoms with Crippen LogP contribution < -0.4 is 44.1 Å². The predicted molar refractivity (Wildman–Crippen MR) is 302 cm³/mol. The molecule has 5 heterocycles. The molecule has 11 N–H and O–H groups in total. The van der Waals surface area contributed by atoms with Gasteiger partial charge in [-0.2, -0.15) is 35.9 Å². The number of Topliss-reactive ketones (excluding diaryl/α,β-unsaturated/α-hetero) is 1.